The minimum Gasteiger partial charge on any atom is -0.481 e. The molecular formula is C15H22N2O3S. The third kappa shape index (κ3) is 5.67. The van der Waals surface area contributed by atoms with Crippen LogP contribution < -0.4 is 5.32 Å². The van der Waals surface area contributed by atoms with Crippen molar-refractivity contribution in [3.8, 4) is 0 Å². The highest BCUT2D eigenvalue weighted by atomic mass is 32.2. The summed E-state index contributed by atoms with van der Waals surface area (Å²) in [5, 5.41) is 11.7. The Morgan fingerprint density at radius 1 is 1.33 bits per heavy atom. The molecule has 1 aromatic carbocycles. The second-order valence-corrected chi connectivity index (χ2v) is 5.82. The molecule has 0 bridgehead atoms. The molecule has 0 heterocycles. The van der Waals surface area contributed by atoms with Crippen molar-refractivity contribution < 1.29 is 14.7 Å². The fraction of sp³-hybridized carbons (Fsp3) is 0.467. The van der Waals surface area contributed by atoms with E-state index in [-0.39, 0.29) is 18.5 Å². The Labute approximate surface area is 129 Å². The third-order valence-electron chi connectivity index (χ3n) is 3.28. The van der Waals surface area contributed by atoms with Crippen LogP contribution in [0.2, 0.25) is 0 Å². The third-order valence-corrected chi connectivity index (χ3v) is 4.10. The Kier molecular flexibility index (Phi) is 7.08. The van der Waals surface area contributed by atoms with Crippen LogP contribution in [0, 0.1) is 0 Å². The van der Waals surface area contributed by atoms with Crippen LogP contribution in [-0.2, 0) is 17.8 Å². The number of rotatable bonds is 7. The number of carboxylic acids is 1. The smallest absolute Gasteiger partial charge is 0.317 e. The van der Waals surface area contributed by atoms with Crippen LogP contribution in [0.25, 0.3) is 0 Å². The molecule has 5 nitrogen and oxygen atoms in total. The molecule has 1 aromatic rings. The van der Waals surface area contributed by atoms with Crippen molar-refractivity contribution in [1.29, 1.82) is 0 Å². The summed E-state index contributed by atoms with van der Waals surface area (Å²) in [5.74, 6) is -0.000950. The number of amides is 2. The minimum absolute atomic E-state index is 0.0369. The molecule has 1 unspecified atom stereocenters. The van der Waals surface area contributed by atoms with Crippen LogP contribution in [0.15, 0.2) is 24.3 Å². The number of aliphatic carboxylic acids is 1. The molecule has 0 fully saturated rings. The number of carbonyl (C=O) groups excluding carboxylic acids is 1. The molecular weight excluding hydrogens is 288 g/mol. The van der Waals surface area contributed by atoms with E-state index in [0.717, 1.165) is 16.9 Å². The molecule has 0 saturated carbocycles. The normalized spacial score (nSPS) is 11.8. The number of benzene rings is 1. The largest absolute Gasteiger partial charge is 0.481 e. The Morgan fingerprint density at radius 3 is 2.52 bits per heavy atom. The van der Waals surface area contributed by atoms with Crippen molar-refractivity contribution in [3.05, 3.63) is 35.4 Å². The molecule has 2 N–H and O–H groups in total. The fourth-order valence-electron chi connectivity index (χ4n) is 1.91. The number of thioether (sulfide) groups is 1. The van der Waals surface area contributed by atoms with Gasteiger partial charge in [0.1, 0.15) is 0 Å². The predicted molar refractivity (Wildman–Crippen MR) is 85.6 cm³/mol. The molecule has 0 aliphatic carbocycles. The van der Waals surface area contributed by atoms with Crippen LogP contribution in [0.1, 0.15) is 18.1 Å². The summed E-state index contributed by atoms with van der Waals surface area (Å²) in [4.78, 5) is 24.5. The highest BCUT2D eigenvalue weighted by Crippen LogP contribution is 2.10. The number of hydrogen-bond acceptors (Lipinski definition) is 3. The average molecular weight is 310 g/mol. The number of nitrogens with one attached hydrogen (secondary N) is 1. The van der Waals surface area contributed by atoms with Crippen molar-refractivity contribution in [3.63, 3.8) is 0 Å². The van der Waals surface area contributed by atoms with Crippen LogP contribution in [0.4, 0.5) is 4.79 Å². The van der Waals surface area contributed by atoms with E-state index in [9.17, 15) is 9.59 Å². The number of nitrogens with zero attached hydrogens (tertiary/aromatic N) is 1. The predicted octanol–water partition coefficient (Wildman–Crippen LogP) is 2.21. The molecule has 0 spiro atoms. The van der Waals surface area contributed by atoms with Gasteiger partial charge < -0.3 is 15.3 Å². The number of urea groups is 1. The molecule has 0 radical (unpaired) electrons. The maximum atomic E-state index is 12.1. The van der Waals surface area contributed by atoms with E-state index < -0.39 is 5.97 Å². The lowest BCUT2D eigenvalue weighted by molar-refractivity contribution is -0.136. The average Bonchev–Trinajstić information content (AvgIpc) is 2.44. The van der Waals surface area contributed by atoms with Gasteiger partial charge in [-0.15, -0.1) is 0 Å². The summed E-state index contributed by atoms with van der Waals surface area (Å²) in [6, 6.07) is 7.25. The van der Waals surface area contributed by atoms with Gasteiger partial charge in [0.25, 0.3) is 0 Å². The van der Waals surface area contributed by atoms with Crippen LogP contribution >= 0.6 is 11.8 Å². The van der Waals surface area contributed by atoms with Crippen molar-refractivity contribution in [2.24, 2.45) is 0 Å². The van der Waals surface area contributed by atoms with Crippen molar-refractivity contribution in [2.75, 3.05) is 19.1 Å². The quantitative estimate of drug-likeness (QED) is 0.810. The first-order valence-electron chi connectivity index (χ1n) is 6.73. The second-order valence-electron chi connectivity index (χ2n) is 4.91. The lowest BCUT2D eigenvalue weighted by atomic mass is 10.0. The SMILES string of the molecule is CSCC(C)N(C)C(=O)NCc1ccccc1CC(=O)O. The first-order chi connectivity index (χ1) is 9.95. The summed E-state index contributed by atoms with van der Waals surface area (Å²) in [7, 11) is 1.76. The van der Waals surface area contributed by atoms with Gasteiger partial charge >= 0.3 is 12.0 Å². The van der Waals surface area contributed by atoms with Gasteiger partial charge in [0.05, 0.1) is 6.42 Å². The zero-order valence-corrected chi connectivity index (χ0v) is 13.4. The van der Waals surface area contributed by atoms with Gasteiger partial charge in [-0.25, -0.2) is 4.79 Å². The molecule has 21 heavy (non-hydrogen) atoms. The van der Waals surface area contributed by atoms with E-state index in [2.05, 4.69) is 5.32 Å². The molecule has 6 heteroatoms. The van der Waals surface area contributed by atoms with E-state index in [0.29, 0.717) is 6.54 Å². The maximum absolute atomic E-state index is 12.1. The Bertz CT molecular complexity index is 494. The minimum atomic E-state index is -0.875. The van der Waals surface area contributed by atoms with Gasteiger partial charge in [-0.2, -0.15) is 11.8 Å². The van der Waals surface area contributed by atoms with Crippen molar-refractivity contribution in [2.45, 2.75) is 25.9 Å². The highest BCUT2D eigenvalue weighted by molar-refractivity contribution is 7.98. The maximum Gasteiger partial charge on any atom is 0.317 e. The molecule has 0 aliphatic rings. The zero-order chi connectivity index (χ0) is 15.8. The van der Waals surface area contributed by atoms with Gasteiger partial charge in [-0.1, -0.05) is 24.3 Å². The fourth-order valence-corrected chi connectivity index (χ4v) is 2.62. The van der Waals surface area contributed by atoms with Crippen LogP contribution in [-0.4, -0.2) is 47.1 Å². The van der Waals surface area contributed by atoms with E-state index >= 15 is 0 Å². The van der Waals surface area contributed by atoms with E-state index in [1.54, 1.807) is 35.8 Å². The lowest BCUT2D eigenvalue weighted by Crippen LogP contribution is -2.43. The monoisotopic (exact) mass is 310 g/mol. The van der Waals surface area contributed by atoms with Gasteiger partial charge in [0.2, 0.25) is 0 Å². The Hall–Kier alpha value is -1.69. The van der Waals surface area contributed by atoms with Gasteiger partial charge in [-0.3, -0.25) is 4.79 Å². The van der Waals surface area contributed by atoms with Gasteiger partial charge in [0, 0.05) is 25.4 Å². The Morgan fingerprint density at radius 2 is 1.95 bits per heavy atom. The van der Waals surface area contributed by atoms with Gasteiger partial charge in [0.15, 0.2) is 0 Å². The lowest BCUT2D eigenvalue weighted by Gasteiger charge is -2.24. The summed E-state index contributed by atoms with van der Waals surface area (Å²) >= 11 is 1.69. The van der Waals surface area contributed by atoms with Crippen molar-refractivity contribution in [1.82, 2.24) is 10.2 Å². The van der Waals surface area contributed by atoms with E-state index in [1.165, 1.54) is 0 Å². The molecule has 0 saturated heterocycles. The summed E-state index contributed by atoms with van der Waals surface area (Å²) in [5.41, 5.74) is 1.56. The zero-order valence-electron chi connectivity index (χ0n) is 12.6. The highest BCUT2D eigenvalue weighted by Gasteiger charge is 2.15. The molecule has 0 aliphatic heterocycles. The first kappa shape index (κ1) is 17.4. The topological polar surface area (TPSA) is 69.6 Å². The second kappa shape index (κ2) is 8.56. The van der Waals surface area contributed by atoms with Crippen LogP contribution in [0.3, 0.4) is 0 Å². The number of carbonyl (C=O) groups is 2. The standard InChI is InChI=1S/C15H22N2O3S/c1-11(10-21-3)17(2)15(20)16-9-13-7-5-4-6-12(13)8-14(18)19/h4-7,11H,8-10H2,1-3H3,(H,16,20)(H,18,19). The van der Waals surface area contributed by atoms with Gasteiger partial charge in [-0.05, 0) is 24.3 Å². The van der Waals surface area contributed by atoms with Crippen molar-refractivity contribution >= 4 is 23.8 Å². The number of hydrogen-bond donors (Lipinski definition) is 2. The molecule has 0 aromatic heterocycles. The summed E-state index contributed by atoms with van der Waals surface area (Å²) in [6.45, 7) is 2.33. The summed E-state index contributed by atoms with van der Waals surface area (Å²) < 4.78 is 0. The molecule has 1 rings (SSSR count). The van der Waals surface area contributed by atoms with Crippen LogP contribution in [0.5, 0.6) is 0 Å². The number of carboxylic acid groups (broad SMARTS) is 1. The molecule has 1 atom stereocenters. The molecule has 2 amide bonds. The summed E-state index contributed by atoms with van der Waals surface area (Å²) in [6.07, 6.45) is 1.97. The van der Waals surface area contributed by atoms with E-state index in [1.807, 2.05) is 25.3 Å². The van der Waals surface area contributed by atoms with E-state index in [4.69, 9.17) is 5.11 Å². The first-order valence-corrected chi connectivity index (χ1v) is 8.13. The Balaban J connectivity index is 2.62. The molecule has 116 valence electrons.